The minimum Gasteiger partial charge on any atom is -0.481 e. The highest BCUT2D eigenvalue weighted by atomic mass is 16.4. The number of nitrogens with zero attached hydrogens (tertiary/aromatic N) is 1. The zero-order valence-corrected chi connectivity index (χ0v) is 12.5. The van der Waals surface area contributed by atoms with E-state index < -0.39 is 5.97 Å². The average molecular weight is 267 g/mol. The molecule has 3 atom stereocenters. The maximum Gasteiger partial charge on any atom is 0.303 e. The van der Waals surface area contributed by atoms with Gasteiger partial charge in [-0.3, -0.25) is 4.79 Å². The molecule has 0 aromatic rings. The monoisotopic (exact) mass is 267 g/mol. The molecule has 0 radical (unpaired) electrons. The molecule has 0 aromatic carbocycles. The Balaban J connectivity index is 1.88. The number of carboxylic acids is 1. The summed E-state index contributed by atoms with van der Waals surface area (Å²) in [7, 11) is 0. The van der Waals surface area contributed by atoms with Crippen molar-refractivity contribution in [3.05, 3.63) is 0 Å². The van der Waals surface area contributed by atoms with Crippen LogP contribution in [0.15, 0.2) is 0 Å². The highest BCUT2D eigenvalue weighted by Gasteiger charge is 2.31. The molecule has 3 unspecified atom stereocenters. The van der Waals surface area contributed by atoms with Crippen LogP contribution in [-0.4, -0.2) is 35.1 Å². The maximum absolute atomic E-state index is 10.9. The van der Waals surface area contributed by atoms with Crippen LogP contribution in [0.25, 0.3) is 0 Å². The highest BCUT2D eigenvalue weighted by Crippen LogP contribution is 2.34. The van der Waals surface area contributed by atoms with E-state index in [1.807, 2.05) is 0 Å². The molecule has 2 aliphatic rings. The fourth-order valence-electron chi connectivity index (χ4n) is 3.98. The van der Waals surface area contributed by atoms with Gasteiger partial charge in [-0.25, -0.2) is 0 Å². The first kappa shape index (κ1) is 14.8. The number of hydrogen-bond acceptors (Lipinski definition) is 2. The molecule has 0 spiro atoms. The molecule has 3 heteroatoms. The molecule has 1 N–H and O–H groups in total. The summed E-state index contributed by atoms with van der Waals surface area (Å²) >= 11 is 0. The van der Waals surface area contributed by atoms with Crippen LogP contribution in [0.3, 0.4) is 0 Å². The molecule has 110 valence electrons. The van der Waals surface area contributed by atoms with Gasteiger partial charge in [0.2, 0.25) is 0 Å². The van der Waals surface area contributed by atoms with Gasteiger partial charge >= 0.3 is 5.97 Å². The van der Waals surface area contributed by atoms with E-state index in [9.17, 15) is 4.79 Å². The molecule has 1 heterocycles. The van der Waals surface area contributed by atoms with Crippen LogP contribution >= 0.6 is 0 Å². The number of carboxylic acid groups (broad SMARTS) is 1. The van der Waals surface area contributed by atoms with Crippen LogP contribution in [0.2, 0.25) is 0 Å². The third-order valence-corrected chi connectivity index (χ3v) is 5.16. The van der Waals surface area contributed by atoms with Crippen molar-refractivity contribution < 1.29 is 9.90 Å². The van der Waals surface area contributed by atoms with Crippen molar-refractivity contribution in [2.75, 3.05) is 13.1 Å². The molecule has 2 rings (SSSR count). The van der Waals surface area contributed by atoms with Crippen LogP contribution < -0.4 is 0 Å². The van der Waals surface area contributed by atoms with Crippen LogP contribution in [0.4, 0.5) is 0 Å². The third kappa shape index (κ3) is 4.20. The Labute approximate surface area is 117 Å². The molecule has 3 nitrogen and oxygen atoms in total. The van der Waals surface area contributed by atoms with Crippen molar-refractivity contribution in [2.24, 2.45) is 17.8 Å². The predicted molar refractivity (Wildman–Crippen MR) is 77.1 cm³/mol. The van der Waals surface area contributed by atoms with Crippen molar-refractivity contribution in [1.29, 1.82) is 0 Å². The smallest absolute Gasteiger partial charge is 0.303 e. The van der Waals surface area contributed by atoms with Gasteiger partial charge in [-0.05, 0) is 50.0 Å². The fourth-order valence-corrected chi connectivity index (χ4v) is 3.98. The summed E-state index contributed by atoms with van der Waals surface area (Å²) in [5.41, 5.74) is 0. The van der Waals surface area contributed by atoms with Crippen LogP contribution in [0.1, 0.15) is 58.8 Å². The molecule has 1 saturated carbocycles. The third-order valence-electron chi connectivity index (χ3n) is 5.16. The van der Waals surface area contributed by atoms with Gasteiger partial charge in [0.25, 0.3) is 0 Å². The molecule has 0 bridgehead atoms. The van der Waals surface area contributed by atoms with Gasteiger partial charge in [0, 0.05) is 19.0 Å². The first-order chi connectivity index (χ1) is 9.06. The van der Waals surface area contributed by atoms with Crippen molar-refractivity contribution in [3.8, 4) is 0 Å². The first-order valence-electron chi connectivity index (χ1n) is 8.02. The lowest BCUT2D eigenvalue weighted by molar-refractivity contribution is -0.138. The van der Waals surface area contributed by atoms with Gasteiger partial charge in [-0.2, -0.15) is 0 Å². The Bertz CT molecular complexity index is 303. The largest absolute Gasteiger partial charge is 0.481 e. The van der Waals surface area contributed by atoms with Crippen molar-refractivity contribution in [1.82, 2.24) is 4.90 Å². The van der Waals surface area contributed by atoms with E-state index in [-0.39, 0.29) is 0 Å². The fraction of sp³-hybridized carbons (Fsp3) is 0.938. The van der Waals surface area contributed by atoms with E-state index in [1.54, 1.807) is 0 Å². The SMILES string of the molecule is CC(C)C1CCCC(N2CCCC(CC(=O)O)C2)C1. The van der Waals surface area contributed by atoms with E-state index in [1.165, 1.54) is 38.6 Å². The quantitative estimate of drug-likeness (QED) is 0.849. The second-order valence-electron chi connectivity index (χ2n) is 6.93. The Hall–Kier alpha value is -0.570. The normalized spacial score (nSPS) is 33.5. The summed E-state index contributed by atoms with van der Waals surface area (Å²) in [6.07, 6.45) is 8.04. The van der Waals surface area contributed by atoms with Gasteiger partial charge in [0.15, 0.2) is 0 Å². The summed E-state index contributed by atoms with van der Waals surface area (Å²) in [6.45, 7) is 6.89. The van der Waals surface area contributed by atoms with Gasteiger partial charge < -0.3 is 10.0 Å². The van der Waals surface area contributed by atoms with E-state index in [2.05, 4.69) is 18.7 Å². The van der Waals surface area contributed by atoms with E-state index >= 15 is 0 Å². The molecule has 1 aliphatic heterocycles. The zero-order valence-electron chi connectivity index (χ0n) is 12.5. The van der Waals surface area contributed by atoms with E-state index in [4.69, 9.17) is 5.11 Å². The molecule has 19 heavy (non-hydrogen) atoms. The Morgan fingerprint density at radius 3 is 2.74 bits per heavy atom. The summed E-state index contributed by atoms with van der Waals surface area (Å²) < 4.78 is 0. The number of aliphatic carboxylic acids is 1. The van der Waals surface area contributed by atoms with Crippen molar-refractivity contribution in [2.45, 2.75) is 64.8 Å². The number of piperidine rings is 1. The minimum absolute atomic E-state index is 0.358. The molecular weight excluding hydrogens is 238 g/mol. The number of likely N-dealkylation sites (tertiary alicyclic amines) is 1. The summed E-state index contributed by atoms with van der Waals surface area (Å²) in [5.74, 6) is 1.42. The second kappa shape index (κ2) is 6.74. The summed E-state index contributed by atoms with van der Waals surface area (Å²) in [5, 5.41) is 8.96. The van der Waals surface area contributed by atoms with Gasteiger partial charge in [-0.1, -0.05) is 26.7 Å². The lowest BCUT2D eigenvalue weighted by Gasteiger charge is -2.42. The van der Waals surface area contributed by atoms with Gasteiger partial charge in [0.05, 0.1) is 0 Å². The number of carbonyl (C=O) groups is 1. The maximum atomic E-state index is 10.9. The average Bonchev–Trinajstić information content (AvgIpc) is 2.38. The standard InChI is InChI=1S/C16H29NO2/c1-12(2)14-6-3-7-15(10-14)17-8-4-5-13(11-17)9-16(18)19/h12-15H,3-11H2,1-2H3,(H,18,19). The molecule has 0 amide bonds. The lowest BCUT2D eigenvalue weighted by Crippen LogP contribution is -2.45. The molecule has 1 saturated heterocycles. The predicted octanol–water partition coefficient (Wildman–Crippen LogP) is 3.39. The van der Waals surface area contributed by atoms with Crippen molar-refractivity contribution in [3.63, 3.8) is 0 Å². The summed E-state index contributed by atoms with van der Waals surface area (Å²) in [6, 6.07) is 0.720. The Morgan fingerprint density at radius 1 is 1.26 bits per heavy atom. The molecule has 0 aromatic heterocycles. The van der Waals surface area contributed by atoms with E-state index in [0.717, 1.165) is 30.8 Å². The first-order valence-corrected chi connectivity index (χ1v) is 8.02. The zero-order chi connectivity index (χ0) is 13.8. The Morgan fingerprint density at radius 2 is 2.05 bits per heavy atom. The van der Waals surface area contributed by atoms with E-state index in [0.29, 0.717) is 12.3 Å². The molecule has 1 aliphatic carbocycles. The van der Waals surface area contributed by atoms with Crippen LogP contribution in [-0.2, 0) is 4.79 Å². The van der Waals surface area contributed by atoms with Crippen LogP contribution in [0.5, 0.6) is 0 Å². The Kier molecular flexibility index (Phi) is 5.26. The van der Waals surface area contributed by atoms with Gasteiger partial charge in [0.1, 0.15) is 0 Å². The lowest BCUT2D eigenvalue weighted by atomic mass is 9.78. The molecular formula is C16H29NO2. The summed E-state index contributed by atoms with van der Waals surface area (Å²) in [4.78, 5) is 13.5. The van der Waals surface area contributed by atoms with Crippen LogP contribution in [0, 0.1) is 17.8 Å². The van der Waals surface area contributed by atoms with Crippen molar-refractivity contribution >= 4 is 5.97 Å². The number of hydrogen-bond donors (Lipinski definition) is 1. The molecule has 2 fully saturated rings. The highest BCUT2D eigenvalue weighted by molar-refractivity contribution is 5.67. The topological polar surface area (TPSA) is 40.5 Å². The van der Waals surface area contributed by atoms with Gasteiger partial charge in [-0.15, -0.1) is 0 Å². The minimum atomic E-state index is -0.629. The second-order valence-corrected chi connectivity index (χ2v) is 6.93. The number of rotatable bonds is 4.